The van der Waals surface area contributed by atoms with Crippen LogP contribution >= 0.6 is 15.9 Å². The molecule has 0 aliphatic heterocycles. The average molecular weight is 344 g/mol. The average Bonchev–Trinajstić information content (AvgIpc) is 2.75. The highest BCUT2D eigenvalue weighted by Crippen LogP contribution is 2.31. The standard InChI is InChI=1S/C14H16BrF2N3/c1-7(2)20-14(10(15)6-19-20)13(18)9-4-8(3)11(16)5-12(9)17/h4-7,13H,18H2,1-3H3. The molecule has 0 amide bonds. The Morgan fingerprint density at radius 2 is 1.90 bits per heavy atom. The molecule has 2 N–H and O–H groups in total. The Kier molecular flexibility index (Phi) is 4.25. The van der Waals surface area contributed by atoms with E-state index in [2.05, 4.69) is 21.0 Å². The Hall–Kier alpha value is -1.27. The van der Waals surface area contributed by atoms with E-state index in [1.165, 1.54) is 6.07 Å². The number of rotatable bonds is 3. The highest BCUT2D eigenvalue weighted by Gasteiger charge is 2.23. The fraction of sp³-hybridized carbons (Fsp3) is 0.357. The van der Waals surface area contributed by atoms with Gasteiger partial charge in [0.25, 0.3) is 0 Å². The first-order valence-corrected chi connectivity index (χ1v) is 7.06. The van der Waals surface area contributed by atoms with E-state index >= 15 is 0 Å². The first-order valence-electron chi connectivity index (χ1n) is 6.27. The van der Waals surface area contributed by atoms with Gasteiger partial charge in [-0.05, 0) is 48.3 Å². The quantitative estimate of drug-likeness (QED) is 0.919. The number of benzene rings is 1. The summed E-state index contributed by atoms with van der Waals surface area (Å²) in [5, 5.41) is 4.22. The lowest BCUT2D eigenvalue weighted by atomic mass is 10.0. The molecule has 2 aromatic rings. The van der Waals surface area contributed by atoms with Gasteiger partial charge in [0.2, 0.25) is 0 Å². The van der Waals surface area contributed by atoms with Crippen molar-refractivity contribution >= 4 is 15.9 Å². The Labute approximate surface area is 124 Å². The van der Waals surface area contributed by atoms with Crippen LogP contribution in [0, 0.1) is 18.6 Å². The lowest BCUT2D eigenvalue weighted by Crippen LogP contribution is -2.20. The zero-order chi connectivity index (χ0) is 15.0. The number of hydrogen-bond acceptors (Lipinski definition) is 2. The molecule has 0 aliphatic rings. The zero-order valence-corrected chi connectivity index (χ0v) is 13.1. The maximum Gasteiger partial charge on any atom is 0.131 e. The van der Waals surface area contributed by atoms with Crippen LogP contribution in [0.3, 0.4) is 0 Å². The van der Waals surface area contributed by atoms with E-state index in [9.17, 15) is 8.78 Å². The van der Waals surface area contributed by atoms with Crippen LogP contribution in [0.15, 0.2) is 22.8 Å². The summed E-state index contributed by atoms with van der Waals surface area (Å²) in [6.07, 6.45) is 1.63. The van der Waals surface area contributed by atoms with Gasteiger partial charge in [0.05, 0.1) is 22.4 Å². The maximum atomic E-state index is 14.0. The molecule has 1 aromatic carbocycles. The largest absolute Gasteiger partial charge is 0.319 e. The van der Waals surface area contributed by atoms with Crippen molar-refractivity contribution in [3.8, 4) is 0 Å². The van der Waals surface area contributed by atoms with Crippen LogP contribution in [0.5, 0.6) is 0 Å². The van der Waals surface area contributed by atoms with Crippen LogP contribution in [0.1, 0.15) is 42.8 Å². The van der Waals surface area contributed by atoms with Gasteiger partial charge < -0.3 is 5.73 Å². The second kappa shape index (κ2) is 5.61. The van der Waals surface area contributed by atoms with Gasteiger partial charge in [0, 0.05) is 17.7 Å². The molecule has 1 heterocycles. The molecule has 108 valence electrons. The van der Waals surface area contributed by atoms with Crippen molar-refractivity contribution in [3.63, 3.8) is 0 Å². The van der Waals surface area contributed by atoms with Crippen molar-refractivity contribution in [1.29, 1.82) is 0 Å². The van der Waals surface area contributed by atoms with E-state index in [0.717, 1.165) is 6.07 Å². The lowest BCUT2D eigenvalue weighted by Gasteiger charge is -2.19. The summed E-state index contributed by atoms with van der Waals surface area (Å²) < 4.78 is 29.8. The van der Waals surface area contributed by atoms with Crippen LogP contribution in [0.2, 0.25) is 0 Å². The van der Waals surface area contributed by atoms with Crippen molar-refractivity contribution in [3.05, 3.63) is 51.3 Å². The van der Waals surface area contributed by atoms with E-state index in [0.29, 0.717) is 15.7 Å². The number of aryl methyl sites for hydroxylation is 1. The summed E-state index contributed by atoms with van der Waals surface area (Å²) in [5.74, 6) is -1.22. The number of nitrogens with zero attached hydrogens (tertiary/aromatic N) is 2. The van der Waals surface area contributed by atoms with E-state index in [1.807, 2.05) is 13.8 Å². The Balaban J connectivity index is 2.54. The molecule has 3 nitrogen and oxygen atoms in total. The molecule has 0 fully saturated rings. The molecule has 0 bridgehead atoms. The third-order valence-electron chi connectivity index (χ3n) is 3.18. The van der Waals surface area contributed by atoms with Gasteiger partial charge >= 0.3 is 0 Å². The molecule has 0 saturated heterocycles. The predicted octanol–water partition coefficient (Wildman–Crippen LogP) is 3.86. The molecule has 6 heteroatoms. The monoisotopic (exact) mass is 343 g/mol. The molecule has 0 aliphatic carbocycles. The van der Waals surface area contributed by atoms with Gasteiger partial charge in [0.1, 0.15) is 11.6 Å². The summed E-state index contributed by atoms with van der Waals surface area (Å²) >= 11 is 3.38. The third kappa shape index (κ3) is 2.62. The fourth-order valence-electron chi connectivity index (χ4n) is 2.12. The number of aromatic nitrogens is 2. The van der Waals surface area contributed by atoms with Crippen molar-refractivity contribution in [2.45, 2.75) is 32.9 Å². The van der Waals surface area contributed by atoms with Crippen molar-refractivity contribution in [2.24, 2.45) is 5.73 Å². The first kappa shape index (κ1) is 15.1. The second-order valence-corrected chi connectivity index (χ2v) is 5.87. The Bertz CT molecular complexity index is 638. The molecule has 20 heavy (non-hydrogen) atoms. The third-order valence-corrected chi connectivity index (χ3v) is 3.79. The van der Waals surface area contributed by atoms with Crippen LogP contribution in [-0.4, -0.2) is 9.78 Å². The number of nitrogens with two attached hydrogens (primary N) is 1. The smallest absolute Gasteiger partial charge is 0.131 e. The SMILES string of the molecule is Cc1cc(C(N)c2c(Br)cnn2C(C)C)c(F)cc1F. The molecule has 2 rings (SSSR count). The van der Waals surface area contributed by atoms with E-state index in [1.54, 1.807) is 17.8 Å². The minimum absolute atomic E-state index is 0.0898. The molecule has 0 radical (unpaired) electrons. The molecule has 0 spiro atoms. The maximum absolute atomic E-state index is 14.0. The minimum Gasteiger partial charge on any atom is -0.319 e. The normalized spacial score (nSPS) is 13.0. The Morgan fingerprint density at radius 3 is 2.50 bits per heavy atom. The minimum atomic E-state index is -0.714. The number of halogens is 3. The van der Waals surface area contributed by atoms with Gasteiger partial charge in [0.15, 0.2) is 0 Å². The predicted molar refractivity (Wildman–Crippen MR) is 77.4 cm³/mol. The van der Waals surface area contributed by atoms with E-state index < -0.39 is 17.7 Å². The summed E-state index contributed by atoms with van der Waals surface area (Å²) in [6.45, 7) is 5.50. The molecular weight excluding hydrogens is 328 g/mol. The summed E-state index contributed by atoms with van der Waals surface area (Å²) in [7, 11) is 0. The van der Waals surface area contributed by atoms with E-state index in [4.69, 9.17) is 5.73 Å². The van der Waals surface area contributed by atoms with Crippen LogP contribution in [0.4, 0.5) is 8.78 Å². The fourth-order valence-corrected chi connectivity index (χ4v) is 2.64. The van der Waals surface area contributed by atoms with Gasteiger partial charge in [-0.2, -0.15) is 5.10 Å². The molecule has 1 unspecified atom stereocenters. The van der Waals surface area contributed by atoms with Gasteiger partial charge in [-0.25, -0.2) is 8.78 Å². The lowest BCUT2D eigenvalue weighted by molar-refractivity contribution is 0.491. The van der Waals surface area contributed by atoms with E-state index in [-0.39, 0.29) is 11.6 Å². The van der Waals surface area contributed by atoms with Gasteiger partial charge in [-0.1, -0.05) is 0 Å². The summed E-state index contributed by atoms with van der Waals surface area (Å²) in [5.41, 5.74) is 7.46. The number of hydrogen-bond donors (Lipinski definition) is 1. The molecular formula is C14H16BrF2N3. The highest BCUT2D eigenvalue weighted by atomic mass is 79.9. The molecule has 0 saturated carbocycles. The molecule has 1 aromatic heterocycles. The van der Waals surface area contributed by atoms with Crippen molar-refractivity contribution in [2.75, 3.05) is 0 Å². The van der Waals surface area contributed by atoms with Crippen LogP contribution in [0.25, 0.3) is 0 Å². The summed E-state index contributed by atoms with van der Waals surface area (Å²) in [6, 6.07) is 1.69. The van der Waals surface area contributed by atoms with Gasteiger partial charge in [-0.3, -0.25) is 4.68 Å². The first-order chi connectivity index (χ1) is 9.32. The highest BCUT2D eigenvalue weighted by molar-refractivity contribution is 9.10. The second-order valence-electron chi connectivity index (χ2n) is 5.02. The zero-order valence-electron chi connectivity index (χ0n) is 11.5. The van der Waals surface area contributed by atoms with Crippen LogP contribution < -0.4 is 5.73 Å². The molecule has 1 atom stereocenters. The van der Waals surface area contributed by atoms with Crippen molar-refractivity contribution in [1.82, 2.24) is 9.78 Å². The topological polar surface area (TPSA) is 43.8 Å². The Morgan fingerprint density at radius 1 is 1.25 bits per heavy atom. The van der Waals surface area contributed by atoms with Gasteiger partial charge in [-0.15, -0.1) is 0 Å². The van der Waals surface area contributed by atoms with Crippen LogP contribution in [-0.2, 0) is 0 Å². The van der Waals surface area contributed by atoms with Crippen molar-refractivity contribution < 1.29 is 8.78 Å². The summed E-state index contributed by atoms with van der Waals surface area (Å²) in [4.78, 5) is 0.